The van der Waals surface area contributed by atoms with Crippen molar-refractivity contribution in [3.63, 3.8) is 0 Å². The van der Waals surface area contributed by atoms with E-state index in [0.717, 1.165) is 6.42 Å². The minimum Gasteiger partial charge on any atom is -0.302 e. The van der Waals surface area contributed by atoms with Crippen LogP contribution in [0.5, 0.6) is 0 Å². The summed E-state index contributed by atoms with van der Waals surface area (Å²) in [7, 11) is 4.18. The molecule has 1 unspecified atom stereocenters. The highest BCUT2D eigenvalue weighted by molar-refractivity contribution is 9.11. The molecule has 4 heteroatoms. The molecular formula is C9H13BrClNS. The van der Waals surface area contributed by atoms with Gasteiger partial charge in [0.2, 0.25) is 0 Å². The summed E-state index contributed by atoms with van der Waals surface area (Å²) in [5.41, 5.74) is 0. The second-order valence-corrected chi connectivity index (χ2v) is 5.97. The molecule has 0 bridgehead atoms. The summed E-state index contributed by atoms with van der Waals surface area (Å²) in [6, 6.07) is 4.70. The summed E-state index contributed by atoms with van der Waals surface area (Å²) in [4.78, 5) is 3.58. The zero-order valence-corrected chi connectivity index (χ0v) is 10.9. The standard InChI is InChI=1S/C9H13BrClNS/c1-12(2)7(5-6-11)8-3-4-9(10)13-8/h3-4,7H,5-6H2,1-2H3. The summed E-state index contributed by atoms with van der Waals surface area (Å²) < 4.78 is 1.18. The number of hydrogen-bond donors (Lipinski definition) is 0. The quantitative estimate of drug-likeness (QED) is 0.761. The van der Waals surface area contributed by atoms with Crippen molar-refractivity contribution in [1.29, 1.82) is 0 Å². The van der Waals surface area contributed by atoms with Crippen LogP contribution in [-0.2, 0) is 0 Å². The molecule has 1 rings (SSSR count). The van der Waals surface area contributed by atoms with E-state index < -0.39 is 0 Å². The normalized spacial score (nSPS) is 13.6. The fourth-order valence-corrected chi connectivity index (χ4v) is 3.13. The Morgan fingerprint density at radius 2 is 2.23 bits per heavy atom. The van der Waals surface area contributed by atoms with Gasteiger partial charge in [0.25, 0.3) is 0 Å². The van der Waals surface area contributed by atoms with Gasteiger partial charge in [0.15, 0.2) is 0 Å². The SMILES string of the molecule is CN(C)C(CCCl)c1ccc(Br)s1. The van der Waals surface area contributed by atoms with Gasteiger partial charge < -0.3 is 4.90 Å². The van der Waals surface area contributed by atoms with Crippen LogP contribution >= 0.6 is 38.9 Å². The molecule has 0 aromatic carbocycles. The van der Waals surface area contributed by atoms with E-state index >= 15 is 0 Å². The summed E-state index contributed by atoms with van der Waals surface area (Å²) in [5.74, 6) is 0.707. The molecule has 1 atom stereocenters. The van der Waals surface area contributed by atoms with E-state index in [4.69, 9.17) is 11.6 Å². The average molecular weight is 283 g/mol. The maximum Gasteiger partial charge on any atom is 0.0701 e. The molecule has 0 spiro atoms. The lowest BCUT2D eigenvalue weighted by Gasteiger charge is -2.21. The lowest BCUT2D eigenvalue weighted by atomic mass is 10.2. The second kappa shape index (κ2) is 5.35. The van der Waals surface area contributed by atoms with Crippen LogP contribution in [0.1, 0.15) is 17.3 Å². The van der Waals surface area contributed by atoms with Crippen LogP contribution in [0.25, 0.3) is 0 Å². The first kappa shape index (κ1) is 11.5. The number of alkyl halides is 1. The molecule has 0 radical (unpaired) electrons. The maximum absolute atomic E-state index is 5.76. The minimum absolute atomic E-state index is 0.453. The van der Waals surface area contributed by atoms with Gasteiger partial charge in [-0.3, -0.25) is 0 Å². The summed E-state index contributed by atoms with van der Waals surface area (Å²) in [5, 5.41) is 0. The van der Waals surface area contributed by atoms with Gasteiger partial charge in [-0.2, -0.15) is 0 Å². The lowest BCUT2D eigenvalue weighted by Crippen LogP contribution is -2.19. The Balaban J connectivity index is 2.75. The fraction of sp³-hybridized carbons (Fsp3) is 0.556. The molecule has 0 aliphatic rings. The predicted molar refractivity (Wildman–Crippen MR) is 63.8 cm³/mol. The first-order valence-electron chi connectivity index (χ1n) is 4.12. The summed E-state index contributed by atoms with van der Waals surface area (Å²) >= 11 is 11.0. The molecule has 1 heterocycles. The van der Waals surface area contributed by atoms with E-state index in [-0.39, 0.29) is 0 Å². The van der Waals surface area contributed by atoms with Crippen molar-refractivity contribution in [2.45, 2.75) is 12.5 Å². The Morgan fingerprint density at radius 1 is 1.54 bits per heavy atom. The van der Waals surface area contributed by atoms with Crippen molar-refractivity contribution in [1.82, 2.24) is 4.90 Å². The van der Waals surface area contributed by atoms with Gasteiger partial charge in [-0.05, 0) is 48.6 Å². The Kier molecular flexibility index (Phi) is 4.73. The Morgan fingerprint density at radius 3 is 2.62 bits per heavy atom. The second-order valence-electron chi connectivity index (χ2n) is 3.10. The van der Waals surface area contributed by atoms with E-state index in [2.05, 4.69) is 47.1 Å². The Hall–Kier alpha value is 0.430. The van der Waals surface area contributed by atoms with E-state index in [9.17, 15) is 0 Å². The first-order valence-corrected chi connectivity index (χ1v) is 6.27. The highest BCUT2D eigenvalue weighted by Gasteiger charge is 2.14. The van der Waals surface area contributed by atoms with Gasteiger partial charge in [-0.1, -0.05) is 0 Å². The monoisotopic (exact) mass is 281 g/mol. The molecule has 74 valence electrons. The molecule has 0 amide bonds. The number of nitrogens with zero attached hydrogens (tertiary/aromatic N) is 1. The van der Waals surface area contributed by atoms with Gasteiger partial charge >= 0.3 is 0 Å². The van der Waals surface area contributed by atoms with E-state index in [1.54, 1.807) is 11.3 Å². The third-order valence-electron chi connectivity index (χ3n) is 1.93. The van der Waals surface area contributed by atoms with Crippen LogP contribution in [0.2, 0.25) is 0 Å². The van der Waals surface area contributed by atoms with Gasteiger partial charge in [0.1, 0.15) is 0 Å². The molecule has 1 nitrogen and oxygen atoms in total. The fourth-order valence-electron chi connectivity index (χ4n) is 1.27. The zero-order valence-electron chi connectivity index (χ0n) is 7.76. The average Bonchev–Trinajstić information content (AvgIpc) is 2.46. The smallest absolute Gasteiger partial charge is 0.0701 e. The van der Waals surface area contributed by atoms with Crippen molar-refractivity contribution >= 4 is 38.9 Å². The third-order valence-corrected chi connectivity index (χ3v) is 3.87. The number of rotatable bonds is 4. The largest absolute Gasteiger partial charge is 0.302 e. The number of halogens is 2. The van der Waals surface area contributed by atoms with Crippen LogP contribution < -0.4 is 0 Å². The van der Waals surface area contributed by atoms with Crippen LogP contribution in [-0.4, -0.2) is 24.9 Å². The van der Waals surface area contributed by atoms with Gasteiger partial charge in [-0.15, -0.1) is 22.9 Å². The van der Waals surface area contributed by atoms with Crippen molar-refractivity contribution in [3.8, 4) is 0 Å². The van der Waals surface area contributed by atoms with Crippen LogP contribution in [0.4, 0.5) is 0 Å². The van der Waals surface area contributed by atoms with Crippen molar-refractivity contribution in [3.05, 3.63) is 20.8 Å². The van der Waals surface area contributed by atoms with Crippen LogP contribution in [0, 0.1) is 0 Å². The third kappa shape index (κ3) is 3.24. The topological polar surface area (TPSA) is 3.24 Å². The summed E-state index contributed by atoms with van der Waals surface area (Å²) in [6.07, 6.45) is 1.00. The molecule has 0 fully saturated rings. The molecule has 0 aliphatic heterocycles. The minimum atomic E-state index is 0.453. The highest BCUT2D eigenvalue weighted by atomic mass is 79.9. The predicted octanol–water partition coefficient (Wildman–Crippen LogP) is 3.74. The molecule has 0 aliphatic carbocycles. The Labute approximate surface area is 96.8 Å². The zero-order chi connectivity index (χ0) is 9.84. The van der Waals surface area contributed by atoms with Gasteiger partial charge in [0.05, 0.1) is 3.79 Å². The molecule has 13 heavy (non-hydrogen) atoms. The lowest BCUT2D eigenvalue weighted by molar-refractivity contribution is 0.297. The number of hydrogen-bond acceptors (Lipinski definition) is 2. The Bertz CT molecular complexity index is 262. The van der Waals surface area contributed by atoms with Crippen LogP contribution in [0.3, 0.4) is 0 Å². The number of thiophene rings is 1. The summed E-state index contributed by atoms with van der Waals surface area (Å²) in [6.45, 7) is 0. The van der Waals surface area contributed by atoms with Gasteiger partial charge in [0, 0.05) is 16.8 Å². The van der Waals surface area contributed by atoms with E-state index in [1.807, 2.05) is 0 Å². The van der Waals surface area contributed by atoms with Gasteiger partial charge in [-0.25, -0.2) is 0 Å². The highest BCUT2D eigenvalue weighted by Crippen LogP contribution is 2.31. The molecule has 1 aromatic heterocycles. The van der Waals surface area contributed by atoms with Crippen molar-refractivity contribution < 1.29 is 0 Å². The molecule has 1 aromatic rings. The molecule has 0 saturated heterocycles. The molecule has 0 N–H and O–H groups in total. The van der Waals surface area contributed by atoms with Crippen LogP contribution in [0.15, 0.2) is 15.9 Å². The van der Waals surface area contributed by atoms with E-state index in [0.29, 0.717) is 11.9 Å². The molecular weight excluding hydrogens is 270 g/mol. The maximum atomic E-state index is 5.76. The van der Waals surface area contributed by atoms with Crippen molar-refractivity contribution in [2.24, 2.45) is 0 Å². The van der Waals surface area contributed by atoms with E-state index in [1.165, 1.54) is 8.66 Å². The first-order chi connectivity index (χ1) is 6.15. The van der Waals surface area contributed by atoms with Crippen molar-refractivity contribution in [2.75, 3.05) is 20.0 Å². The molecule has 0 saturated carbocycles.